The summed E-state index contributed by atoms with van der Waals surface area (Å²) in [5.41, 5.74) is -6.17. The Kier molecular flexibility index (Phi) is 2.40. The first-order chi connectivity index (χ1) is 10.1. The van der Waals surface area contributed by atoms with Crippen LogP contribution in [-0.4, -0.2) is 57.3 Å². The van der Waals surface area contributed by atoms with Crippen LogP contribution in [-0.2, 0) is 19.1 Å². The van der Waals surface area contributed by atoms with Gasteiger partial charge < -0.3 is 24.8 Å². The van der Waals surface area contributed by atoms with Crippen molar-refractivity contribution >= 4 is 11.9 Å². The molecule has 0 aromatic rings. The minimum Gasteiger partial charge on any atom is -0.464 e. The first kappa shape index (κ1) is 14.4. The van der Waals surface area contributed by atoms with Gasteiger partial charge in [0.15, 0.2) is 11.5 Å². The van der Waals surface area contributed by atoms with E-state index < -0.39 is 46.2 Å². The van der Waals surface area contributed by atoms with E-state index in [9.17, 15) is 24.9 Å². The molecule has 2 saturated heterocycles. The third kappa shape index (κ3) is 1.07. The summed E-state index contributed by atoms with van der Waals surface area (Å²) in [5, 5.41) is 33.1. The molecular weight excluding hydrogens is 292 g/mol. The average Bonchev–Trinajstić information content (AvgIpc) is 2.68. The predicted octanol–water partition coefficient (Wildman–Crippen LogP) is -0.882. The zero-order valence-electron chi connectivity index (χ0n) is 12.5. The second-order valence-corrected chi connectivity index (χ2v) is 7.50. The number of ether oxygens (including phenoxy) is 2. The highest BCUT2D eigenvalue weighted by atomic mass is 16.6. The molecule has 4 aliphatic rings. The molecule has 122 valence electrons. The molecule has 2 bridgehead atoms. The Labute approximate surface area is 127 Å². The molecule has 2 heterocycles. The van der Waals surface area contributed by atoms with Crippen LogP contribution in [0.25, 0.3) is 0 Å². The number of aliphatic hydroxyl groups excluding tert-OH is 1. The number of carbonyl (C=O) groups excluding carboxylic acids is 2. The average molecular weight is 312 g/mol. The van der Waals surface area contributed by atoms with Crippen molar-refractivity contribution in [1.29, 1.82) is 0 Å². The predicted molar refractivity (Wildman–Crippen MR) is 70.3 cm³/mol. The number of aliphatic hydroxyl groups is 3. The molecule has 0 amide bonds. The lowest BCUT2D eigenvalue weighted by molar-refractivity contribution is -0.359. The van der Waals surface area contributed by atoms with Gasteiger partial charge in [0.25, 0.3) is 0 Å². The summed E-state index contributed by atoms with van der Waals surface area (Å²) >= 11 is 0. The lowest BCUT2D eigenvalue weighted by Crippen LogP contribution is -2.86. The molecule has 0 aromatic heterocycles. The topological polar surface area (TPSA) is 113 Å². The third-order valence-electron chi connectivity index (χ3n) is 7.05. The molecule has 7 atom stereocenters. The Bertz CT molecular complexity index is 586. The third-order valence-corrected chi connectivity index (χ3v) is 7.05. The van der Waals surface area contributed by atoms with Crippen molar-refractivity contribution < 1.29 is 34.4 Å². The van der Waals surface area contributed by atoms with E-state index in [1.807, 2.05) is 6.92 Å². The van der Waals surface area contributed by atoms with E-state index in [4.69, 9.17) is 9.47 Å². The quantitative estimate of drug-likeness (QED) is 0.498. The Balaban J connectivity index is 2.01. The zero-order chi connectivity index (χ0) is 16.1. The summed E-state index contributed by atoms with van der Waals surface area (Å²) in [5.74, 6) is -1.70. The molecule has 22 heavy (non-hydrogen) atoms. The van der Waals surface area contributed by atoms with E-state index >= 15 is 0 Å². The summed E-state index contributed by atoms with van der Waals surface area (Å²) in [6.07, 6.45) is -1.53. The summed E-state index contributed by atoms with van der Waals surface area (Å²) in [4.78, 5) is 24.4. The maximum absolute atomic E-state index is 12.3. The van der Waals surface area contributed by atoms with Gasteiger partial charge >= 0.3 is 11.9 Å². The molecule has 3 N–H and O–H groups in total. The molecule has 0 radical (unpaired) electrons. The van der Waals surface area contributed by atoms with Crippen molar-refractivity contribution in [2.24, 2.45) is 16.7 Å². The standard InChI is InChI=1S/C15H20O7/c1-7-3-4-15(20)13(7)5-8(22-10(17)9(13)16)12(2,19)14(15)6-21-11(14)18/h7-9,16,19-20H,3-6H2,1-2H3/t7-,8+,9+,12+,13+,14+,15-/m1/s1. The van der Waals surface area contributed by atoms with Gasteiger partial charge in [0.1, 0.15) is 18.3 Å². The molecule has 2 aliphatic heterocycles. The highest BCUT2D eigenvalue weighted by molar-refractivity contribution is 5.88. The number of fused-ring (bicyclic) bond motifs is 2. The van der Waals surface area contributed by atoms with Crippen LogP contribution in [0.5, 0.6) is 0 Å². The van der Waals surface area contributed by atoms with Crippen LogP contribution in [0.1, 0.15) is 33.1 Å². The summed E-state index contributed by atoms with van der Waals surface area (Å²) in [7, 11) is 0. The lowest BCUT2D eigenvalue weighted by Gasteiger charge is -2.68. The zero-order valence-corrected chi connectivity index (χ0v) is 12.5. The number of cyclic esters (lactones) is 1. The van der Waals surface area contributed by atoms with E-state index in [1.54, 1.807) is 0 Å². The SMILES string of the molecule is C[C@@H]1CC[C@@]2(O)[C@@]13C[C@H](OC(=O)[C@@H]3O)[C@](C)(O)[C@@]21COC1=O. The van der Waals surface area contributed by atoms with Crippen molar-refractivity contribution in [1.82, 2.24) is 0 Å². The molecule has 7 nitrogen and oxygen atoms in total. The van der Waals surface area contributed by atoms with E-state index in [1.165, 1.54) is 6.92 Å². The number of carbonyl (C=O) groups is 2. The highest BCUT2D eigenvalue weighted by Crippen LogP contribution is 2.72. The minimum atomic E-state index is -1.74. The fraction of sp³-hybridized carbons (Fsp3) is 0.867. The molecule has 4 rings (SSSR count). The monoisotopic (exact) mass is 312 g/mol. The van der Waals surface area contributed by atoms with Crippen molar-refractivity contribution in [3.05, 3.63) is 0 Å². The maximum Gasteiger partial charge on any atom is 0.336 e. The van der Waals surface area contributed by atoms with Crippen LogP contribution >= 0.6 is 0 Å². The van der Waals surface area contributed by atoms with E-state index in [-0.39, 0.29) is 25.4 Å². The first-order valence-electron chi connectivity index (χ1n) is 7.66. The normalized spacial score (nSPS) is 59.6. The van der Waals surface area contributed by atoms with Crippen molar-refractivity contribution in [2.75, 3.05) is 6.61 Å². The van der Waals surface area contributed by atoms with Gasteiger partial charge in [-0.05, 0) is 32.1 Å². The van der Waals surface area contributed by atoms with Gasteiger partial charge in [0, 0.05) is 5.41 Å². The number of hydrogen-bond donors (Lipinski definition) is 3. The molecule has 4 fully saturated rings. The van der Waals surface area contributed by atoms with E-state index in [0.717, 1.165) is 0 Å². The van der Waals surface area contributed by atoms with Gasteiger partial charge in [-0.15, -0.1) is 0 Å². The van der Waals surface area contributed by atoms with Crippen molar-refractivity contribution in [3.8, 4) is 0 Å². The Morgan fingerprint density at radius 1 is 1.27 bits per heavy atom. The van der Waals surface area contributed by atoms with Gasteiger partial charge in [-0.25, -0.2) is 4.79 Å². The van der Waals surface area contributed by atoms with Gasteiger partial charge in [-0.2, -0.15) is 0 Å². The molecule has 7 heteroatoms. The van der Waals surface area contributed by atoms with Crippen LogP contribution in [0.15, 0.2) is 0 Å². The van der Waals surface area contributed by atoms with Crippen LogP contribution in [0.4, 0.5) is 0 Å². The lowest BCUT2D eigenvalue weighted by atomic mass is 9.42. The molecular formula is C15H20O7. The molecule has 2 spiro atoms. The molecule has 2 aliphatic carbocycles. The van der Waals surface area contributed by atoms with Crippen molar-refractivity contribution in [3.63, 3.8) is 0 Å². The smallest absolute Gasteiger partial charge is 0.336 e. The van der Waals surface area contributed by atoms with Crippen molar-refractivity contribution in [2.45, 2.75) is 56.5 Å². The number of hydrogen-bond acceptors (Lipinski definition) is 7. The minimum absolute atomic E-state index is 0.134. The van der Waals surface area contributed by atoms with E-state index in [2.05, 4.69) is 0 Å². The second-order valence-electron chi connectivity index (χ2n) is 7.50. The second kappa shape index (κ2) is 3.66. The van der Waals surface area contributed by atoms with Gasteiger partial charge in [0.2, 0.25) is 0 Å². The van der Waals surface area contributed by atoms with Crippen LogP contribution < -0.4 is 0 Å². The largest absolute Gasteiger partial charge is 0.464 e. The highest BCUT2D eigenvalue weighted by Gasteiger charge is 2.87. The fourth-order valence-corrected chi connectivity index (χ4v) is 5.60. The Morgan fingerprint density at radius 2 is 1.95 bits per heavy atom. The molecule has 0 aromatic carbocycles. The van der Waals surface area contributed by atoms with Crippen LogP contribution in [0.2, 0.25) is 0 Å². The Hall–Kier alpha value is -1.18. The van der Waals surface area contributed by atoms with E-state index in [0.29, 0.717) is 6.42 Å². The number of rotatable bonds is 0. The van der Waals surface area contributed by atoms with Gasteiger partial charge in [0.05, 0.1) is 5.60 Å². The molecule has 2 saturated carbocycles. The van der Waals surface area contributed by atoms with Gasteiger partial charge in [-0.1, -0.05) is 6.92 Å². The summed E-state index contributed by atoms with van der Waals surface area (Å²) in [6, 6.07) is 0. The van der Waals surface area contributed by atoms with Crippen LogP contribution in [0, 0.1) is 16.7 Å². The fourth-order valence-electron chi connectivity index (χ4n) is 5.60. The Morgan fingerprint density at radius 3 is 2.50 bits per heavy atom. The summed E-state index contributed by atoms with van der Waals surface area (Å²) < 4.78 is 10.1. The van der Waals surface area contributed by atoms with Gasteiger partial charge in [-0.3, -0.25) is 4.79 Å². The maximum atomic E-state index is 12.3. The molecule has 0 unspecified atom stereocenters. The van der Waals surface area contributed by atoms with Crippen LogP contribution in [0.3, 0.4) is 0 Å². The number of esters is 2. The first-order valence-corrected chi connectivity index (χ1v) is 7.66. The summed E-state index contributed by atoms with van der Waals surface area (Å²) in [6.45, 7) is 3.13.